The van der Waals surface area contributed by atoms with Crippen molar-refractivity contribution in [2.24, 2.45) is 0 Å². The number of benzene rings is 1. The summed E-state index contributed by atoms with van der Waals surface area (Å²) >= 11 is 7.53. The molecule has 3 aromatic rings. The van der Waals surface area contributed by atoms with E-state index in [4.69, 9.17) is 21.1 Å². The summed E-state index contributed by atoms with van der Waals surface area (Å²) in [6.45, 7) is 1.29. The number of fused-ring (bicyclic) bond motifs is 1. The lowest BCUT2D eigenvalue weighted by Crippen LogP contribution is -2.34. The van der Waals surface area contributed by atoms with Gasteiger partial charge in [-0.2, -0.15) is 11.3 Å². The van der Waals surface area contributed by atoms with Crippen LogP contribution in [0.5, 0.6) is 5.75 Å². The first-order valence-corrected chi connectivity index (χ1v) is 11.8. The molecule has 172 valence electrons. The van der Waals surface area contributed by atoms with E-state index < -0.39 is 5.97 Å². The van der Waals surface area contributed by atoms with E-state index in [9.17, 15) is 14.4 Å². The smallest absolute Gasteiger partial charge is 0.343 e. The number of carbonyl (C=O) groups excluding carboxylic acids is 2. The van der Waals surface area contributed by atoms with Gasteiger partial charge >= 0.3 is 5.97 Å². The third-order valence-electron chi connectivity index (χ3n) is 5.59. The average Bonchev–Trinajstić information content (AvgIpc) is 3.23. The van der Waals surface area contributed by atoms with Crippen molar-refractivity contribution in [2.75, 3.05) is 26.8 Å². The van der Waals surface area contributed by atoms with Crippen LogP contribution in [0.2, 0.25) is 5.02 Å². The Morgan fingerprint density at radius 3 is 2.61 bits per heavy atom. The Balaban J connectivity index is 1.59. The van der Waals surface area contributed by atoms with Crippen LogP contribution in [0.15, 0.2) is 52.0 Å². The molecule has 0 fully saturated rings. The zero-order chi connectivity index (χ0) is 23.4. The molecule has 7 nitrogen and oxygen atoms in total. The number of methoxy groups -OCH3 is 1. The third kappa shape index (κ3) is 5.12. The van der Waals surface area contributed by atoms with Gasteiger partial charge in [-0.05, 0) is 46.7 Å². The summed E-state index contributed by atoms with van der Waals surface area (Å²) in [5, 5.41) is 4.57. The number of esters is 1. The summed E-state index contributed by atoms with van der Waals surface area (Å²) in [5.74, 6) is -0.507. The van der Waals surface area contributed by atoms with Gasteiger partial charge in [0.2, 0.25) is 0 Å². The molecule has 0 saturated carbocycles. The number of thiophene rings is 1. The monoisotopic (exact) mass is 486 g/mol. The van der Waals surface area contributed by atoms with E-state index in [-0.39, 0.29) is 29.3 Å². The summed E-state index contributed by atoms with van der Waals surface area (Å²) in [6, 6.07) is 10.0. The molecule has 0 unspecified atom stereocenters. The topological polar surface area (TPSA) is 77.8 Å². The average molecular weight is 487 g/mol. The van der Waals surface area contributed by atoms with Gasteiger partial charge in [-0.1, -0.05) is 11.6 Å². The Hall–Kier alpha value is -3.10. The van der Waals surface area contributed by atoms with Crippen molar-refractivity contribution >= 4 is 34.8 Å². The van der Waals surface area contributed by atoms with E-state index in [1.165, 1.54) is 17.7 Å². The molecule has 0 radical (unpaired) electrons. The summed E-state index contributed by atoms with van der Waals surface area (Å²) < 4.78 is 12.4. The minimum Gasteiger partial charge on any atom is -0.492 e. The summed E-state index contributed by atoms with van der Waals surface area (Å²) in [7, 11) is 1.30. The molecule has 0 N–H and O–H groups in total. The first-order chi connectivity index (χ1) is 16.0. The second kappa shape index (κ2) is 10.2. The molecule has 0 bridgehead atoms. The molecule has 2 aromatic heterocycles. The number of carbonyl (C=O) groups is 2. The van der Waals surface area contributed by atoms with Crippen molar-refractivity contribution in [1.82, 2.24) is 9.47 Å². The normalized spacial score (nSPS) is 13.2. The van der Waals surface area contributed by atoms with E-state index in [0.717, 1.165) is 5.56 Å². The maximum absolute atomic E-state index is 13.0. The maximum Gasteiger partial charge on any atom is 0.343 e. The molecule has 9 heteroatoms. The standard InChI is InChI=1S/C24H23ClN2O5S/c1-31-24(30)22-19-6-9-26(23(29)17-2-4-18(25)5-3-17)10-11-27(19)21(28)14-20(22)32-12-7-16-8-13-33-15-16/h2-5,8,13-15H,6-7,9-12H2,1H3. The number of aromatic nitrogens is 1. The molecule has 0 saturated heterocycles. The molecule has 0 aliphatic carbocycles. The third-order valence-corrected chi connectivity index (χ3v) is 6.57. The van der Waals surface area contributed by atoms with E-state index in [1.807, 2.05) is 16.8 Å². The van der Waals surface area contributed by atoms with Crippen molar-refractivity contribution in [1.29, 1.82) is 0 Å². The summed E-state index contributed by atoms with van der Waals surface area (Å²) in [6.07, 6.45) is 0.979. The Morgan fingerprint density at radius 1 is 1.12 bits per heavy atom. The van der Waals surface area contributed by atoms with Crippen LogP contribution in [0.25, 0.3) is 0 Å². The Bertz CT molecular complexity index is 1200. The van der Waals surface area contributed by atoms with Gasteiger partial charge in [0.15, 0.2) is 0 Å². The highest BCUT2D eigenvalue weighted by Crippen LogP contribution is 2.25. The lowest BCUT2D eigenvalue weighted by molar-refractivity contribution is 0.0593. The van der Waals surface area contributed by atoms with Crippen LogP contribution in [-0.4, -0.2) is 48.1 Å². The van der Waals surface area contributed by atoms with Crippen LogP contribution in [0.3, 0.4) is 0 Å². The highest BCUT2D eigenvalue weighted by Gasteiger charge is 2.27. The molecule has 0 atom stereocenters. The molecule has 3 heterocycles. The molecule has 1 aromatic carbocycles. The maximum atomic E-state index is 13.0. The molecule has 0 spiro atoms. The molecular weight excluding hydrogens is 464 g/mol. The van der Waals surface area contributed by atoms with Crippen LogP contribution in [0.1, 0.15) is 32.0 Å². The fraction of sp³-hybridized carbons (Fsp3) is 0.292. The van der Waals surface area contributed by atoms with Crippen molar-refractivity contribution in [3.63, 3.8) is 0 Å². The minimum absolute atomic E-state index is 0.153. The number of rotatable bonds is 6. The van der Waals surface area contributed by atoms with Crippen LogP contribution in [0.4, 0.5) is 0 Å². The van der Waals surface area contributed by atoms with Crippen molar-refractivity contribution < 1.29 is 19.1 Å². The fourth-order valence-electron chi connectivity index (χ4n) is 3.88. The fourth-order valence-corrected chi connectivity index (χ4v) is 4.71. The summed E-state index contributed by atoms with van der Waals surface area (Å²) in [5.41, 5.74) is 2.13. The molecule has 33 heavy (non-hydrogen) atoms. The number of ether oxygens (including phenoxy) is 2. The Morgan fingerprint density at radius 2 is 1.91 bits per heavy atom. The number of pyridine rings is 1. The number of nitrogens with zero attached hydrogens (tertiary/aromatic N) is 2. The Labute approximate surface area is 200 Å². The zero-order valence-electron chi connectivity index (χ0n) is 18.1. The number of halogens is 1. The highest BCUT2D eigenvalue weighted by atomic mass is 35.5. The molecule has 1 amide bonds. The van der Waals surface area contributed by atoms with Crippen LogP contribution in [-0.2, 0) is 24.1 Å². The SMILES string of the molecule is COC(=O)c1c(OCCc2ccsc2)cc(=O)n2c1CCN(C(=O)c1ccc(Cl)cc1)CC2. The van der Waals surface area contributed by atoms with Gasteiger partial charge in [-0.3, -0.25) is 9.59 Å². The van der Waals surface area contributed by atoms with E-state index >= 15 is 0 Å². The van der Waals surface area contributed by atoms with E-state index in [2.05, 4.69) is 0 Å². The first kappa shape index (κ1) is 23.1. The molecule has 1 aliphatic heterocycles. The van der Waals surface area contributed by atoms with Gasteiger partial charge in [-0.15, -0.1) is 0 Å². The predicted molar refractivity (Wildman–Crippen MR) is 127 cm³/mol. The van der Waals surface area contributed by atoms with Gasteiger partial charge in [0.1, 0.15) is 11.3 Å². The number of hydrogen-bond acceptors (Lipinski definition) is 6. The van der Waals surface area contributed by atoms with Crippen LogP contribution < -0.4 is 10.3 Å². The second-order valence-electron chi connectivity index (χ2n) is 7.59. The summed E-state index contributed by atoms with van der Waals surface area (Å²) in [4.78, 5) is 40.2. The zero-order valence-corrected chi connectivity index (χ0v) is 19.7. The lowest BCUT2D eigenvalue weighted by atomic mass is 10.1. The molecule has 1 aliphatic rings. The molecular formula is C24H23ClN2O5S. The van der Waals surface area contributed by atoms with E-state index in [0.29, 0.717) is 48.8 Å². The lowest BCUT2D eigenvalue weighted by Gasteiger charge is -2.20. The second-order valence-corrected chi connectivity index (χ2v) is 8.81. The van der Waals surface area contributed by atoms with Crippen molar-refractivity contribution in [2.45, 2.75) is 19.4 Å². The van der Waals surface area contributed by atoms with Gasteiger partial charge in [0.05, 0.1) is 13.7 Å². The number of amides is 1. The largest absolute Gasteiger partial charge is 0.492 e. The Kier molecular flexibility index (Phi) is 7.15. The first-order valence-electron chi connectivity index (χ1n) is 10.5. The quantitative estimate of drug-likeness (QED) is 0.497. The van der Waals surface area contributed by atoms with Gasteiger partial charge < -0.3 is 18.9 Å². The van der Waals surface area contributed by atoms with Crippen molar-refractivity contribution in [3.05, 3.63) is 84.9 Å². The predicted octanol–water partition coefficient (Wildman–Crippen LogP) is 3.67. The van der Waals surface area contributed by atoms with Crippen molar-refractivity contribution in [3.8, 4) is 5.75 Å². The molecule has 4 rings (SSSR count). The van der Waals surface area contributed by atoms with E-state index in [1.54, 1.807) is 40.5 Å². The number of hydrogen-bond donors (Lipinski definition) is 0. The minimum atomic E-state index is -0.568. The van der Waals surface area contributed by atoms with Gasteiger partial charge in [0, 0.05) is 54.8 Å². The van der Waals surface area contributed by atoms with Gasteiger partial charge in [-0.25, -0.2) is 4.79 Å². The van der Waals surface area contributed by atoms with Crippen LogP contribution in [0, 0.1) is 0 Å². The highest BCUT2D eigenvalue weighted by molar-refractivity contribution is 7.07. The van der Waals surface area contributed by atoms with Crippen LogP contribution >= 0.6 is 22.9 Å². The van der Waals surface area contributed by atoms with Gasteiger partial charge in [0.25, 0.3) is 11.5 Å².